The highest BCUT2D eigenvalue weighted by atomic mass is 35.5. The quantitative estimate of drug-likeness (QED) is 0.676. The molecular weight excluding hydrogens is 428 g/mol. The fourth-order valence-electron chi connectivity index (χ4n) is 3.23. The van der Waals surface area contributed by atoms with E-state index in [-0.39, 0.29) is 16.8 Å². The molecule has 1 amide bonds. The Balaban J connectivity index is 1.42. The number of nitrogens with one attached hydrogen (secondary N) is 2. The van der Waals surface area contributed by atoms with Gasteiger partial charge >= 0.3 is 0 Å². The van der Waals surface area contributed by atoms with Crippen LogP contribution in [-0.4, -0.2) is 40.1 Å². The van der Waals surface area contributed by atoms with Crippen LogP contribution >= 0.6 is 11.6 Å². The van der Waals surface area contributed by atoms with E-state index >= 15 is 0 Å². The van der Waals surface area contributed by atoms with Gasteiger partial charge in [0.15, 0.2) is 11.5 Å². The summed E-state index contributed by atoms with van der Waals surface area (Å²) >= 11 is 6.25. The molecule has 0 unspecified atom stereocenters. The second kappa shape index (κ2) is 8.45. The summed E-state index contributed by atoms with van der Waals surface area (Å²) in [6.07, 6.45) is 2.24. The van der Waals surface area contributed by atoms with Crippen LogP contribution in [0.5, 0.6) is 11.5 Å². The molecule has 0 aromatic heterocycles. The number of carbonyl (C=O) groups is 1. The number of hydrogen-bond acceptors (Lipinski definition) is 5. The van der Waals surface area contributed by atoms with Gasteiger partial charge in [-0.25, -0.2) is 13.1 Å². The Morgan fingerprint density at radius 3 is 2.70 bits per heavy atom. The second-order valence-corrected chi connectivity index (χ2v) is 9.60. The molecule has 160 valence electrons. The van der Waals surface area contributed by atoms with E-state index < -0.39 is 10.0 Å². The highest BCUT2D eigenvalue weighted by molar-refractivity contribution is 7.89. The van der Waals surface area contributed by atoms with Crippen molar-refractivity contribution < 1.29 is 22.7 Å². The van der Waals surface area contributed by atoms with Crippen LogP contribution in [-0.2, 0) is 16.4 Å². The highest BCUT2D eigenvalue weighted by Gasteiger charge is 2.28. The van der Waals surface area contributed by atoms with Crippen molar-refractivity contribution >= 4 is 27.5 Å². The van der Waals surface area contributed by atoms with E-state index in [0.717, 1.165) is 18.4 Å². The fourth-order valence-corrected chi connectivity index (χ4v) is 4.84. The SMILES string of the molecule is Cc1ccc(S(=O)(=O)NC2CC2)cc1C(=O)NCCc1cc(Cl)c2c(c1)OCCO2. The van der Waals surface area contributed by atoms with Crippen LogP contribution in [0.15, 0.2) is 35.2 Å². The first kappa shape index (κ1) is 21.0. The summed E-state index contributed by atoms with van der Waals surface area (Å²) in [6.45, 7) is 3.08. The normalized spacial score (nSPS) is 15.7. The number of rotatable bonds is 7. The second-order valence-electron chi connectivity index (χ2n) is 7.48. The Morgan fingerprint density at radius 1 is 1.17 bits per heavy atom. The van der Waals surface area contributed by atoms with Crippen molar-refractivity contribution in [1.29, 1.82) is 0 Å². The lowest BCUT2D eigenvalue weighted by molar-refractivity contribution is 0.0953. The molecule has 0 atom stereocenters. The molecule has 4 rings (SSSR count). The number of fused-ring (bicyclic) bond motifs is 1. The third kappa shape index (κ3) is 4.71. The van der Waals surface area contributed by atoms with E-state index in [0.29, 0.717) is 53.8 Å². The molecule has 2 aliphatic rings. The Bertz CT molecular complexity index is 1080. The van der Waals surface area contributed by atoms with Crippen molar-refractivity contribution in [2.75, 3.05) is 19.8 Å². The van der Waals surface area contributed by atoms with Crippen molar-refractivity contribution in [1.82, 2.24) is 10.0 Å². The molecule has 0 spiro atoms. The topological polar surface area (TPSA) is 93.7 Å². The lowest BCUT2D eigenvalue weighted by Crippen LogP contribution is -2.28. The Kier molecular flexibility index (Phi) is 5.90. The summed E-state index contributed by atoms with van der Waals surface area (Å²) in [4.78, 5) is 12.8. The lowest BCUT2D eigenvalue weighted by Gasteiger charge is -2.20. The average molecular weight is 451 g/mol. The smallest absolute Gasteiger partial charge is 0.251 e. The van der Waals surface area contributed by atoms with Crippen LogP contribution in [0.1, 0.15) is 34.3 Å². The van der Waals surface area contributed by atoms with Crippen molar-refractivity contribution in [3.05, 3.63) is 52.0 Å². The number of benzene rings is 2. The number of sulfonamides is 1. The van der Waals surface area contributed by atoms with Crippen LogP contribution in [0, 0.1) is 6.92 Å². The van der Waals surface area contributed by atoms with Gasteiger partial charge in [-0.05, 0) is 61.6 Å². The number of ether oxygens (including phenoxy) is 2. The molecule has 2 aromatic carbocycles. The Labute approximate surface area is 180 Å². The monoisotopic (exact) mass is 450 g/mol. The Morgan fingerprint density at radius 2 is 1.93 bits per heavy atom. The van der Waals surface area contributed by atoms with Crippen LogP contribution < -0.4 is 19.5 Å². The summed E-state index contributed by atoms with van der Waals surface area (Å²) in [5.74, 6) is 0.829. The lowest BCUT2D eigenvalue weighted by atomic mass is 10.1. The van der Waals surface area contributed by atoms with Crippen molar-refractivity contribution in [3.63, 3.8) is 0 Å². The van der Waals surface area contributed by atoms with Gasteiger partial charge in [-0.1, -0.05) is 17.7 Å². The van der Waals surface area contributed by atoms with Gasteiger partial charge in [0.2, 0.25) is 10.0 Å². The first-order valence-corrected chi connectivity index (χ1v) is 11.7. The number of carbonyl (C=O) groups excluding carboxylic acids is 1. The minimum atomic E-state index is -3.62. The molecule has 0 radical (unpaired) electrons. The zero-order valence-corrected chi connectivity index (χ0v) is 18.1. The molecule has 2 N–H and O–H groups in total. The molecule has 7 nitrogen and oxygen atoms in total. The predicted molar refractivity (Wildman–Crippen MR) is 113 cm³/mol. The zero-order chi connectivity index (χ0) is 21.3. The number of amides is 1. The van der Waals surface area contributed by atoms with Gasteiger partial charge in [-0.15, -0.1) is 0 Å². The molecule has 1 saturated carbocycles. The van der Waals surface area contributed by atoms with E-state index in [1.807, 2.05) is 6.07 Å². The number of halogens is 1. The molecule has 2 aromatic rings. The molecule has 1 aliphatic heterocycles. The number of hydrogen-bond donors (Lipinski definition) is 2. The first-order chi connectivity index (χ1) is 14.3. The molecule has 1 heterocycles. The van der Waals surface area contributed by atoms with Crippen molar-refractivity contribution in [2.24, 2.45) is 0 Å². The molecule has 0 saturated heterocycles. The van der Waals surface area contributed by atoms with E-state index in [4.69, 9.17) is 21.1 Å². The summed E-state index contributed by atoms with van der Waals surface area (Å²) in [6, 6.07) is 8.25. The average Bonchev–Trinajstić information content (AvgIpc) is 3.51. The Hall–Kier alpha value is -2.29. The fraction of sp³-hybridized carbons (Fsp3) is 0.381. The number of aryl methyl sites for hydroxylation is 1. The van der Waals surface area contributed by atoms with Crippen LogP contribution in [0.2, 0.25) is 5.02 Å². The van der Waals surface area contributed by atoms with Crippen LogP contribution in [0.3, 0.4) is 0 Å². The summed E-state index contributed by atoms with van der Waals surface area (Å²) in [5, 5.41) is 3.33. The van der Waals surface area contributed by atoms with Crippen molar-refractivity contribution in [2.45, 2.75) is 37.1 Å². The third-order valence-electron chi connectivity index (χ3n) is 5.02. The van der Waals surface area contributed by atoms with Gasteiger partial charge in [0.05, 0.1) is 9.92 Å². The van der Waals surface area contributed by atoms with E-state index in [2.05, 4.69) is 10.0 Å². The standard InChI is InChI=1S/C21H23ClN2O5S/c1-13-2-5-16(30(26,27)24-15-3-4-15)12-17(13)21(25)23-7-6-14-10-18(22)20-19(11-14)28-8-9-29-20/h2,5,10-12,15,24H,3-4,6-9H2,1H3,(H,23,25). The molecule has 9 heteroatoms. The third-order valence-corrected chi connectivity index (χ3v) is 6.82. The predicted octanol–water partition coefficient (Wildman–Crippen LogP) is 2.83. The maximum absolute atomic E-state index is 12.7. The van der Waals surface area contributed by atoms with Crippen molar-refractivity contribution in [3.8, 4) is 11.5 Å². The van der Waals surface area contributed by atoms with Gasteiger partial charge in [-0.3, -0.25) is 4.79 Å². The molecule has 0 bridgehead atoms. The van der Waals surface area contributed by atoms with E-state index in [9.17, 15) is 13.2 Å². The van der Waals surface area contributed by atoms with Crippen LogP contribution in [0.25, 0.3) is 0 Å². The summed E-state index contributed by atoms with van der Waals surface area (Å²) < 4.78 is 38.6. The van der Waals surface area contributed by atoms with Gasteiger partial charge in [0.1, 0.15) is 13.2 Å². The molecular formula is C21H23ClN2O5S. The summed E-state index contributed by atoms with van der Waals surface area (Å²) in [5.41, 5.74) is 1.96. The maximum atomic E-state index is 12.7. The zero-order valence-electron chi connectivity index (χ0n) is 16.5. The minimum absolute atomic E-state index is 0.00593. The largest absolute Gasteiger partial charge is 0.486 e. The maximum Gasteiger partial charge on any atom is 0.251 e. The highest BCUT2D eigenvalue weighted by Crippen LogP contribution is 2.38. The van der Waals surface area contributed by atoms with Gasteiger partial charge < -0.3 is 14.8 Å². The minimum Gasteiger partial charge on any atom is -0.486 e. The van der Waals surface area contributed by atoms with E-state index in [1.54, 1.807) is 19.1 Å². The molecule has 1 fully saturated rings. The first-order valence-electron chi connectivity index (χ1n) is 9.83. The molecule has 1 aliphatic carbocycles. The van der Waals surface area contributed by atoms with Gasteiger partial charge in [0.25, 0.3) is 5.91 Å². The van der Waals surface area contributed by atoms with E-state index in [1.165, 1.54) is 12.1 Å². The van der Waals surface area contributed by atoms with Gasteiger partial charge in [0, 0.05) is 18.2 Å². The van der Waals surface area contributed by atoms with Crippen LogP contribution in [0.4, 0.5) is 0 Å². The summed E-state index contributed by atoms with van der Waals surface area (Å²) in [7, 11) is -3.62. The molecule has 30 heavy (non-hydrogen) atoms. The van der Waals surface area contributed by atoms with Gasteiger partial charge in [-0.2, -0.15) is 0 Å².